The van der Waals surface area contributed by atoms with Gasteiger partial charge in [-0.3, -0.25) is 0 Å². The maximum atomic E-state index is 9.94. The smallest absolute Gasteiger partial charge is 0.160 e. The van der Waals surface area contributed by atoms with Crippen molar-refractivity contribution in [1.29, 1.82) is 5.26 Å². The van der Waals surface area contributed by atoms with E-state index in [1.54, 1.807) is 0 Å². The fraction of sp³-hybridized carbons (Fsp3) is 0.0167. The van der Waals surface area contributed by atoms with E-state index in [-0.39, 0.29) is 0 Å². The molecular weight excluding hydrogens is 793 g/mol. The van der Waals surface area contributed by atoms with Gasteiger partial charge < -0.3 is 9.30 Å². The van der Waals surface area contributed by atoms with Crippen molar-refractivity contribution in [2.24, 2.45) is 0 Å². The highest BCUT2D eigenvalue weighted by atomic mass is 16.5. The van der Waals surface area contributed by atoms with Crippen LogP contribution < -0.4 is 4.74 Å². The van der Waals surface area contributed by atoms with E-state index >= 15 is 0 Å². The molecule has 0 fully saturated rings. The van der Waals surface area contributed by atoms with Crippen LogP contribution in [-0.2, 0) is 5.41 Å². The molecule has 0 spiro atoms. The molecule has 5 heteroatoms. The van der Waals surface area contributed by atoms with E-state index in [4.69, 9.17) is 14.7 Å². The summed E-state index contributed by atoms with van der Waals surface area (Å²) < 4.78 is 9.46. The molecule has 0 amide bonds. The van der Waals surface area contributed by atoms with Crippen LogP contribution in [0.15, 0.2) is 231 Å². The SMILES string of the molecule is N#Cc1ccc2c(c1)c1cc(-c3ccc4c(c3)Oc3cc(-c5nc(-c6ccccc6)cc(-c6ccccc6)n5)ccc3C4(c3ccccc3)c3ccccc3)ccc1n2-c1ccccc1. The molecular formula is C60H38N4O. The molecule has 0 unspecified atom stereocenters. The lowest BCUT2D eigenvalue weighted by Gasteiger charge is -2.41. The Labute approximate surface area is 376 Å². The first kappa shape index (κ1) is 37.9. The Bertz CT molecular complexity index is 3520. The monoisotopic (exact) mass is 830 g/mol. The maximum absolute atomic E-state index is 9.94. The fourth-order valence-corrected chi connectivity index (χ4v) is 9.80. The molecule has 1 aliphatic rings. The summed E-state index contributed by atoms with van der Waals surface area (Å²) in [6.45, 7) is 0. The second kappa shape index (κ2) is 15.5. The predicted molar refractivity (Wildman–Crippen MR) is 261 cm³/mol. The second-order valence-electron chi connectivity index (χ2n) is 16.4. The van der Waals surface area contributed by atoms with Gasteiger partial charge in [0.2, 0.25) is 0 Å². The summed E-state index contributed by atoms with van der Waals surface area (Å²) >= 11 is 0. The van der Waals surface area contributed by atoms with Crippen molar-refractivity contribution in [2.75, 3.05) is 0 Å². The second-order valence-corrected chi connectivity index (χ2v) is 16.4. The van der Waals surface area contributed by atoms with Gasteiger partial charge in [0.15, 0.2) is 5.82 Å². The molecule has 0 radical (unpaired) electrons. The van der Waals surface area contributed by atoms with E-state index in [0.717, 1.165) is 100 Å². The first-order chi connectivity index (χ1) is 32.2. The minimum Gasteiger partial charge on any atom is -0.457 e. The number of nitrogens with zero attached hydrogens (tertiary/aromatic N) is 4. The first-order valence-corrected chi connectivity index (χ1v) is 21.8. The van der Waals surface area contributed by atoms with Crippen LogP contribution in [-0.4, -0.2) is 14.5 Å². The lowest BCUT2D eigenvalue weighted by molar-refractivity contribution is 0.435. The molecule has 5 nitrogen and oxygen atoms in total. The fourth-order valence-electron chi connectivity index (χ4n) is 9.80. The Morgan fingerprint density at radius 1 is 0.415 bits per heavy atom. The van der Waals surface area contributed by atoms with Gasteiger partial charge in [0.05, 0.1) is 39.5 Å². The van der Waals surface area contributed by atoms with E-state index < -0.39 is 5.41 Å². The molecule has 0 saturated heterocycles. The lowest BCUT2D eigenvalue weighted by Crippen LogP contribution is -2.34. The number of hydrogen-bond donors (Lipinski definition) is 0. The Morgan fingerprint density at radius 2 is 0.877 bits per heavy atom. The summed E-state index contributed by atoms with van der Waals surface area (Å²) in [5, 5.41) is 12.0. The average Bonchev–Trinajstić information content (AvgIpc) is 3.71. The van der Waals surface area contributed by atoms with Crippen molar-refractivity contribution in [2.45, 2.75) is 5.41 Å². The van der Waals surface area contributed by atoms with E-state index in [2.05, 4.69) is 187 Å². The number of fused-ring (bicyclic) bond motifs is 5. The zero-order valence-corrected chi connectivity index (χ0v) is 35.1. The highest BCUT2D eigenvalue weighted by Crippen LogP contribution is 2.56. The van der Waals surface area contributed by atoms with Crippen LogP contribution in [0.3, 0.4) is 0 Å². The van der Waals surface area contributed by atoms with Gasteiger partial charge in [-0.1, -0.05) is 170 Å². The molecule has 304 valence electrons. The van der Waals surface area contributed by atoms with E-state index in [9.17, 15) is 5.26 Å². The van der Waals surface area contributed by atoms with Gasteiger partial charge in [0.1, 0.15) is 11.5 Å². The number of rotatable bonds is 7. The van der Waals surface area contributed by atoms with Crippen LogP contribution in [0.2, 0.25) is 0 Å². The predicted octanol–water partition coefficient (Wildman–Crippen LogP) is 14.6. The molecule has 0 bridgehead atoms. The van der Waals surface area contributed by atoms with Crippen molar-refractivity contribution in [3.63, 3.8) is 0 Å². The van der Waals surface area contributed by atoms with Crippen LogP contribution in [0.4, 0.5) is 0 Å². The van der Waals surface area contributed by atoms with E-state index in [0.29, 0.717) is 11.4 Å². The van der Waals surface area contributed by atoms with Gasteiger partial charge in [-0.15, -0.1) is 0 Å². The summed E-state index contributed by atoms with van der Waals surface area (Å²) in [6, 6.07) is 82.5. The Kier molecular flexibility index (Phi) is 9.03. The van der Waals surface area contributed by atoms with Crippen LogP contribution in [0.25, 0.3) is 72.5 Å². The third-order valence-electron chi connectivity index (χ3n) is 12.8. The van der Waals surface area contributed by atoms with Crippen LogP contribution in [0.5, 0.6) is 11.5 Å². The van der Waals surface area contributed by atoms with Gasteiger partial charge in [-0.25, -0.2) is 9.97 Å². The van der Waals surface area contributed by atoms with Crippen molar-refractivity contribution < 1.29 is 4.74 Å². The summed E-state index contributed by atoms with van der Waals surface area (Å²) in [4.78, 5) is 10.4. The topological polar surface area (TPSA) is 63.7 Å². The van der Waals surface area contributed by atoms with Crippen LogP contribution >= 0.6 is 0 Å². The van der Waals surface area contributed by atoms with Crippen molar-refractivity contribution in [1.82, 2.24) is 14.5 Å². The van der Waals surface area contributed by atoms with Crippen molar-refractivity contribution in [3.8, 4) is 68.3 Å². The molecule has 9 aromatic carbocycles. The standard InChI is InChI=1S/C60H38N4O/c61-39-40-26-32-55-49(34-40)50-35-43(29-33-56(50)64(55)48-24-14-5-15-25-48)44-27-30-51-57(36-44)65-58-37-45(28-31-52(58)60(51,46-20-10-3-11-21-46)47-22-12-4-13-23-47)59-62-53(41-16-6-1-7-17-41)38-54(63-59)42-18-8-2-9-19-42/h1-38H. The zero-order valence-electron chi connectivity index (χ0n) is 35.1. The highest BCUT2D eigenvalue weighted by molar-refractivity contribution is 6.11. The van der Waals surface area contributed by atoms with Gasteiger partial charge in [0, 0.05) is 44.3 Å². The molecule has 0 N–H and O–H groups in total. The number of hydrogen-bond acceptors (Lipinski definition) is 4. The molecule has 3 heterocycles. The normalized spacial score (nSPS) is 12.5. The molecule has 11 aromatic rings. The maximum Gasteiger partial charge on any atom is 0.160 e. The van der Waals surface area contributed by atoms with E-state index in [1.165, 1.54) is 0 Å². The third-order valence-corrected chi connectivity index (χ3v) is 12.8. The molecule has 0 saturated carbocycles. The number of ether oxygens (including phenoxy) is 1. The molecule has 12 rings (SSSR count). The Morgan fingerprint density at radius 3 is 1.45 bits per heavy atom. The lowest BCUT2D eigenvalue weighted by atomic mass is 9.63. The van der Waals surface area contributed by atoms with Crippen molar-refractivity contribution in [3.05, 3.63) is 258 Å². The third kappa shape index (κ3) is 6.31. The van der Waals surface area contributed by atoms with E-state index in [1.807, 2.05) is 54.6 Å². The molecule has 2 aromatic heterocycles. The van der Waals surface area contributed by atoms with Crippen molar-refractivity contribution >= 4 is 21.8 Å². The minimum absolute atomic E-state index is 0.615. The molecule has 0 aliphatic carbocycles. The number of benzene rings is 9. The number of aromatic nitrogens is 3. The molecule has 1 aliphatic heterocycles. The first-order valence-electron chi connectivity index (χ1n) is 21.8. The van der Waals surface area contributed by atoms with Gasteiger partial charge in [0.25, 0.3) is 0 Å². The van der Waals surface area contributed by atoms with Crippen LogP contribution in [0.1, 0.15) is 27.8 Å². The molecule has 0 atom stereocenters. The van der Waals surface area contributed by atoms with Gasteiger partial charge >= 0.3 is 0 Å². The molecule has 65 heavy (non-hydrogen) atoms. The quantitative estimate of drug-likeness (QED) is 0.160. The van der Waals surface area contributed by atoms with Crippen LogP contribution in [0, 0.1) is 11.3 Å². The Hall–Kier alpha value is -8.85. The Balaban J connectivity index is 1.06. The average molecular weight is 831 g/mol. The summed E-state index contributed by atoms with van der Waals surface area (Å²) in [7, 11) is 0. The summed E-state index contributed by atoms with van der Waals surface area (Å²) in [6.07, 6.45) is 0. The van der Waals surface area contributed by atoms with Gasteiger partial charge in [-0.05, 0) is 82.9 Å². The summed E-state index contributed by atoms with van der Waals surface area (Å²) in [5.41, 5.74) is 14.1. The van der Waals surface area contributed by atoms with Gasteiger partial charge in [-0.2, -0.15) is 5.26 Å². The number of nitriles is 1. The summed E-state index contributed by atoms with van der Waals surface area (Å²) in [5.74, 6) is 2.12. The minimum atomic E-state index is -0.717. The highest BCUT2D eigenvalue weighted by Gasteiger charge is 2.45. The number of para-hydroxylation sites is 1. The zero-order chi connectivity index (χ0) is 43.3. The largest absolute Gasteiger partial charge is 0.457 e.